The maximum absolute atomic E-state index is 11.1. The molecule has 0 aliphatic heterocycles. The number of aromatic hydroxyl groups is 1. The van der Waals surface area contributed by atoms with Gasteiger partial charge in [-0.3, -0.25) is 0 Å². The maximum atomic E-state index is 11.1. The number of carboxylic acid groups (broad SMARTS) is 1. The van der Waals surface area contributed by atoms with Crippen LogP contribution in [0.25, 0.3) is 21.1 Å². The van der Waals surface area contributed by atoms with Gasteiger partial charge in [-0.25, -0.2) is 14.8 Å². The second-order valence-corrected chi connectivity index (χ2v) is 8.20. The first-order valence-corrected chi connectivity index (χ1v) is 10.2. The van der Waals surface area contributed by atoms with E-state index in [1.54, 1.807) is 17.4 Å². The monoisotopic (exact) mass is 408 g/mol. The largest absolute Gasteiger partial charge is 0.507 e. The van der Waals surface area contributed by atoms with E-state index < -0.39 is 5.97 Å². The summed E-state index contributed by atoms with van der Waals surface area (Å²) in [6, 6.07) is 14.7. The van der Waals surface area contributed by atoms with Gasteiger partial charge in [0.2, 0.25) is 0 Å². The van der Waals surface area contributed by atoms with Crippen LogP contribution < -0.4 is 0 Å². The molecule has 0 amide bonds. The summed E-state index contributed by atoms with van der Waals surface area (Å²) in [4.78, 5) is 21.4. The Morgan fingerprint density at radius 2 is 1.89 bits per heavy atom. The zero-order valence-corrected chi connectivity index (χ0v) is 16.5. The Kier molecular flexibility index (Phi) is 4.93. The van der Waals surface area contributed by atoms with E-state index in [1.165, 1.54) is 29.0 Å². The molecule has 0 spiro atoms. The molecular formula is C21H16N2O3S2. The Morgan fingerprint density at radius 1 is 1.11 bits per heavy atom. The van der Waals surface area contributed by atoms with Crippen LogP contribution in [0, 0.1) is 6.92 Å². The number of rotatable bonds is 5. The summed E-state index contributed by atoms with van der Waals surface area (Å²) in [5.41, 5.74) is 3.57. The Hall–Kier alpha value is -3.03. The summed E-state index contributed by atoms with van der Waals surface area (Å²) in [7, 11) is 0. The number of carbonyl (C=O) groups is 1. The molecule has 2 aromatic heterocycles. The minimum atomic E-state index is -1.16. The zero-order chi connectivity index (χ0) is 19.7. The van der Waals surface area contributed by atoms with Crippen LogP contribution in [0.3, 0.4) is 0 Å². The van der Waals surface area contributed by atoms with E-state index in [0.29, 0.717) is 5.56 Å². The van der Waals surface area contributed by atoms with E-state index in [9.17, 15) is 9.90 Å². The van der Waals surface area contributed by atoms with Crippen molar-refractivity contribution in [2.75, 3.05) is 0 Å². The van der Waals surface area contributed by atoms with Crippen molar-refractivity contribution in [3.63, 3.8) is 0 Å². The molecule has 0 fully saturated rings. The molecule has 0 saturated heterocycles. The van der Waals surface area contributed by atoms with Crippen LogP contribution in [-0.2, 0) is 6.42 Å². The zero-order valence-electron chi connectivity index (χ0n) is 14.9. The molecule has 0 unspecified atom stereocenters. The van der Waals surface area contributed by atoms with Gasteiger partial charge in [-0.15, -0.1) is 22.7 Å². The molecule has 5 nitrogen and oxygen atoms in total. The molecule has 2 N–H and O–H groups in total. The van der Waals surface area contributed by atoms with Gasteiger partial charge in [0.15, 0.2) is 0 Å². The first kappa shape index (κ1) is 18.3. The van der Waals surface area contributed by atoms with Crippen molar-refractivity contribution in [2.24, 2.45) is 0 Å². The summed E-state index contributed by atoms with van der Waals surface area (Å²) in [6.45, 7) is 1.98. The molecule has 2 aromatic carbocycles. The lowest BCUT2D eigenvalue weighted by Crippen LogP contribution is -1.96. The number of benzene rings is 2. The highest BCUT2D eigenvalue weighted by Gasteiger charge is 2.16. The van der Waals surface area contributed by atoms with E-state index in [4.69, 9.17) is 5.11 Å². The number of nitrogens with zero attached hydrogens (tertiary/aromatic N) is 2. The summed E-state index contributed by atoms with van der Waals surface area (Å²) in [6.07, 6.45) is 0.786. The Morgan fingerprint density at radius 3 is 2.61 bits per heavy atom. The topological polar surface area (TPSA) is 83.3 Å². The summed E-state index contributed by atoms with van der Waals surface area (Å²) < 4.78 is 0. The van der Waals surface area contributed by atoms with Crippen molar-refractivity contribution in [1.82, 2.24) is 9.97 Å². The van der Waals surface area contributed by atoms with E-state index in [2.05, 4.69) is 22.1 Å². The molecule has 0 atom stereocenters. The average molecular weight is 409 g/mol. The second-order valence-electron chi connectivity index (χ2n) is 6.26. The normalized spacial score (nSPS) is 10.9. The lowest BCUT2D eigenvalue weighted by atomic mass is 10.1. The predicted molar refractivity (Wildman–Crippen MR) is 111 cm³/mol. The SMILES string of the molecule is Cc1nc(Cc2ccccc2)sc1-c1csc(-c2ccc(C(=O)O)c(O)c2)n1. The highest BCUT2D eigenvalue weighted by atomic mass is 32.1. The molecule has 7 heteroatoms. The lowest BCUT2D eigenvalue weighted by molar-refractivity contribution is 0.0694. The minimum absolute atomic E-state index is 0.121. The summed E-state index contributed by atoms with van der Waals surface area (Å²) in [5.74, 6) is -1.42. The third-order valence-electron chi connectivity index (χ3n) is 4.25. The van der Waals surface area contributed by atoms with Gasteiger partial charge in [0.05, 0.1) is 21.3 Å². The number of hydrogen-bond acceptors (Lipinski definition) is 6. The van der Waals surface area contributed by atoms with Crippen LogP contribution in [0.2, 0.25) is 0 Å². The second kappa shape index (κ2) is 7.53. The fourth-order valence-corrected chi connectivity index (χ4v) is 4.83. The number of thiazole rings is 2. The Labute approximate surface area is 169 Å². The summed E-state index contributed by atoms with van der Waals surface area (Å²) in [5, 5.41) is 22.7. The third kappa shape index (κ3) is 3.67. The van der Waals surface area contributed by atoms with Gasteiger partial charge in [0.1, 0.15) is 16.3 Å². The Balaban J connectivity index is 1.61. The highest BCUT2D eigenvalue weighted by Crippen LogP contribution is 2.35. The van der Waals surface area contributed by atoms with Crippen molar-refractivity contribution < 1.29 is 15.0 Å². The van der Waals surface area contributed by atoms with Gasteiger partial charge in [0, 0.05) is 17.4 Å². The van der Waals surface area contributed by atoms with Crippen LogP contribution in [0.4, 0.5) is 0 Å². The fourth-order valence-electron chi connectivity index (χ4n) is 2.89. The van der Waals surface area contributed by atoms with Crippen molar-refractivity contribution in [2.45, 2.75) is 13.3 Å². The highest BCUT2D eigenvalue weighted by molar-refractivity contribution is 7.16. The van der Waals surface area contributed by atoms with Gasteiger partial charge in [-0.1, -0.05) is 36.4 Å². The smallest absolute Gasteiger partial charge is 0.339 e. The molecule has 0 saturated carbocycles. The van der Waals surface area contributed by atoms with Crippen LogP contribution in [0.1, 0.15) is 26.6 Å². The number of phenols is 1. The predicted octanol–water partition coefficient (Wildman–Crippen LogP) is 5.24. The van der Waals surface area contributed by atoms with Gasteiger partial charge < -0.3 is 10.2 Å². The van der Waals surface area contributed by atoms with E-state index in [0.717, 1.165) is 32.7 Å². The summed E-state index contributed by atoms with van der Waals surface area (Å²) >= 11 is 3.08. The van der Waals surface area contributed by atoms with Gasteiger partial charge in [-0.05, 0) is 24.6 Å². The molecule has 0 radical (unpaired) electrons. The molecular weight excluding hydrogens is 392 g/mol. The quantitative estimate of drug-likeness (QED) is 0.472. The standard InChI is InChI=1S/C21H16N2O3S2/c1-12-19(28-18(22-12)9-13-5-3-2-4-6-13)16-11-27-20(23-16)14-7-8-15(21(25)26)17(24)10-14/h2-8,10-11,24H,9H2,1H3,(H,25,26). The maximum Gasteiger partial charge on any atom is 0.339 e. The van der Waals surface area contributed by atoms with E-state index >= 15 is 0 Å². The molecule has 0 aliphatic rings. The van der Waals surface area contributed by atoms with E-state index in [1.807, 2.05) is 30.5 Å². The van der Waals surface area contributed by atoms with Crippen LogP contribution in [-0.4, -0.2) is 26.2 Å². The third-order valence-corrected chi connectivity index (χ3v) is 6.32. The average Bonchev–Trinajstić information content (AvgIpc) is 3.29. The van der Waals surface area contributed by atoms with Crippen molar-refractivity contribution in [1.29, 1.82) is 0 Å². The molecule has 4 rings (SSSR count). The number of hydrogen-bond donors (Lipinski definition) is 2. The van der Waals surface area contributed by atoms with Gasteiger partial charge in [-0.2, -0.15) is 0 Å². The molecule has 0 bridgehead atoms. The van der Waals surface area contributed by atoms with Crippen LogP contribution in [0.15, 0.2) is 53.9 Å². The molecule has 2 heterocycles. The van der Waals surface area contributed by atoms with E-state index in [-0.39, 0.29) is 11.3 Å². The van der Waals surface area contributed by atoms with Crippen molar-refractivity contribution >= 4 is 28.6 Å². The fraction of sp³-hybridized carbons (Fsp3) is 0.0952. The first-order valence-electron chi connectivity index (χ1n) is 8.54. The van der Waals surface area contributed by atoms with Crippen LogP contribution in [0.5, 0.6) is 5.75 Å². The number of aromatic nitrogens is 2. The molecule has 28 heavy (non-hydrogen) atoms. The number of aromatic carboxylic acids is 1. The van der Waals surface area contributed by atoms with Gasteiger partial charge in [0.25, 0.3) is 0 Å². The number of carboxylic acids is 1. The van der Waals surface area contributed by atoms with Gasteiger partial charge >= 0.3 is 5.97 Å². The lowest BCUT2D eigenvalue weighted by Gasteiger charge is -2.01. The first-order chi connectivity index (χ1) is 13.5. The Bertz CT molecular complexity index is 1150. The molecule has 4 aromatic rings. The number of aryl methyl sites for hydroxylation is 1. The molecule has 0 aliphatic carbocycles. The minimum Gasteiger partial charge on any atom is -0.507 e. The molecule has 140 valence electrons. The van der Waals surface area contributed by atoms with Crippen molar-refractivity contribution in [3.05, 3.63) is 75.7 Å². The van der Waals surface area contributed by atoms with Crippen molar-refractivity contribution in [3.8, 4) is 26.9 Å². The van der Waals surface area contributed by atoms with Crippen LogP contribution >= 0.6 is 22.7 Å².